The molecule has 0 aromatic heterocycles. The Morgan fingerprint density at radius 1 is 1.07 bits per heavy atom. The second-order valence-electron chi connectivity index (χ2n) is 7.53. The van der Waals surface area contributed by atoms with E-state index in [1.165, 1.54) is 4.31 Å². The zero-order valence-electron chi connectivity index (χ0n) is 16.0. The number of sulfonamides is 1. The fourth-order valence-corrected chi connectivity index (χ4v) is 5.52. The number of aliphatic hydroxyl groups is 1. The summed E-state index contributed by atoms with van der Waals surface area (Å²) in [4.78, 5) is 2.51. The van der Waals surface area contributed by atoms with Crippen molar-refractivity contribution in [1.29, 1.82) is 0 Å². The molecular formula is C21H26N2O4S. The van der Waals surface area contributed by atoms with E-state index in [4.69, 9.17) is 4.74 Å². The molecule has 2 heterocycles. The first-order chi connectivity index (χ1) is 13.5. The Balaban J connectivity index is 1.69. The van der Waals surface area contributed by atoms with Gasteiger partial charge >= 0.3 is 0 Å². The van der Waals surface area contributed by atoms with Crippen LogP contribution in [0.3, 0.4) is 0 Å². The Labute approximate surface area is 166 Å². The van der Waals surface area contributed by atoms with Crippen molar-refractivity contribution in [2.24, 2.45) is 5.92 Å². The summed E-state index contributed by atoms with van der Waals surface area (Å²) < 4.78 is 33.7. The van der Waals surface area contributed by atoms with Crippen LogP contribution >= 0.6 is 0 Å². The van der Waals surface area contributed by atoms with Gasteiger partial charge in [0.05, 0.1) is 29.9 Å². The van der Waals surface area contributed by atoms with E-state index in [9.17, 15) is 13.5 Å². The van der Waals surface area contributed by atoms with Crippen molar-refractivity contribution < 1.29 is 18.3 Å². The Kier molecular flexibility index (Phi) is 5.42. The minimum absolute atomic E-state index is 0.201. The lowest BCUT2D eigenvalue weighted by Gasteiger charge is -2.40. The molecule has 1 saturated heterocycles. The van der Waals surface area contributed by atoms with E-state index in [-0.39, 0.29) is 17.4 Å². The van der Waals surface area contributed by atoms with Crippen molar-refractivity contribution in [3.63, 3.8) is 0 Å². The summed E-state index contributed by atoms with van der Waals surface area (Å²) >= 11 is 0. The van der Waals surface area contributed by atoms with E-state index in [2.05, 4.69) is 4.90 Å². The molecule has 7 heteroatoms. The number of nitrogens with zero attached hydrogens (tertiary/aromatic N) is 2. The predicted molar refractivity (Wildman–Crippen MR) is 108 cm³/mol. The summed E-state index contributed by atoms with van der Waals surface area (Å²) in [6, 6.07) is 14.2. The van der Waals surface area contributed by atoms with Crippen molar-refractivity contribution in [2.75, 3.05) is 43.7 Å². The maximum absolute atomic E-state index is 13.4. The van der Waals surface area contributed by atoms with Crippen LogP contribution in [-0.4, -0.2) is 57.8 Å². The van der Waals surface area contributed by atoms with Gasteiger partial charge in [-0.05, 0) is 25.1 Å². The van der Waals surface area contributed by atoms with Crippen LogP contribution in [0.2, 0.25) is 0 Å². The highest BCUT2D eigenvalue weighted by atomic mass is 32.2. The molecule has 150 valence electrons. The molecule has 6 nitrogen and oxygen atoms in total. The number of rotatable bonds is 4. The third-order valence-electron chi connectivity index (χ3n) is 5.58. The second kappa shape index (κ2) is 7.83. The standard InChI is InChI=1S/C21H26N2O4S/c1-16-6-8-18(9-7-16)28(25,26)23-15-17(14-22-10-12-27-13-11-22)21(24)19-4-2-3-5-20(19)23/h2-9,17,21,24H,10-15H2,1H3/t17-,21+/m1/s1. The lowest BCUT2D eigenvalue weighted by Crippen LogP contribution is -2.48. The van der Waals surface area contributed by atoms with Crippen LogP contribution in [0.4, 0.5) is 5.69 Å². The van der Waals surface area contributed by atoms with Gasteiger partial charge in [-0.15, -0.1) is 0 Å². The number of hydrogen-bond donors (Lipinski definition) is 1. The number of hydrogen-bond acceptors (Lipinski definition) is 5. The minimum Gasteiger partial charge on any atom is -0.388 e. The van der Waals surface area contributed by atoms with Crippen LogP contribution in [-0.2, 0) is 14.8 Å². The minimum atomic E-state index is -3.71. The molecule has 0 spiro atoms. The highest BCUT2D eigenvalue weighted by Gasteiger charge is 2.38. The number of morpholine rings is 1. The normalized spacial score (nSPS) is 23.4. The lowest BCUT2D eigenvalue weighted by molar-refractivity contribution is 0.0123. The number of ether oxygens (including phenoxy) is 1. The summed E-state index contributed by atoms with van der Waals surface area (Å²) in [6.07, 6.45) is -0.691. The molecule has 2 aromatic carbocycles. The van der Waals surface area contributed by atoms with Gasteiger partial charge in [0.2, 0.25) is 0 Å². The van der Waals surface area contributed by atoms with Gasteiger partial charge in [-0.2, -0.15) is 0 Å². The predicted octanol–water partition coefficient (Wildman–Crippen LogP) is 2.19. The SMILES string of the molecule is Cc1ccc(S(=O)(=O)N2C[C@@H](CN3CCOCC3)[C@H](O)c3ccccc32)cc1. The van der Waals surface area contributed by atoms with Crippen LogP contribution in [0.15, 0.2) is 53.4 Å². The van der Waals surface area contributed by atoms with Crippen LogP contribution in [0.5, 0.6) is 0 Å². The van der Waals surface area contributed by atoms with Crippen LogP contribution in [0.1, 0.15) is 17.2 Å². The molecule has 0 amide bonds. The molecule has 0 unspecified atom stereocenters. The number of para-hydroxylation sites is 1. The maximum atomic E-state index is 13.4. The maximum Gasteiger partial charge on any atom is 0.264 e. The first kappa shape index (κ1) is 19.4. The molecule has 4 rings (SSSR count). The Morgan fingerprint density at radius 3 is 2.46 bits per heavy atom. The number of aryl methyl sites for hydroxylation is 1. The van der Waals surface area contributed by atoms with Gasteiger partial charge < -0.3 is 9.84 Å². The smallest absolute Gasteiger partial charge is 0.264 e. The number of anilines is 1. The summed E-state index contributed by atoms with van der Waals surface area (Å²) in [6.45, 7) is 5.77. The lowest BCUT2D eigenvalue weighted by atomic mass is 9.90. The molecule has 0 aliphatic carbocycles. The zero-order chi connectivity index (χ0) is 19.7. The monoisotopic (exact) mass is 402 g/mol. The number of fused-ring (bicyclic) bond motifs is 1. The van der Waals surface area contributed by atoms with Crippen molar-refractivity contribution in [2.45, 2.75) is 17.9 Å². The van der Waals surface area contributed by atoms with E-state index in [1.807, 2.05) is 37.3 Å². The molecule has 2 aliphatic heterocycles. The highest BCUT2D eigenvalue weighted by Crippen LogP contribution is 2.40. The van der Waals surface area contributed by atoms with Crippen LogP contribution < -0.4 is 4.31 Å². The fraction of sp³-hybridized carbons (Fsp3) is 0.429. The molecule has 1 fully saturated rings. The first-order valence-electron chi connectivity index (χ1n) is 9.63. The molecule has 0 radical (unpaired) electrons. The largest absolute Gasteiger partial charge is 0.388 e. The Morgan fingerprint density at radius 2 is 1.75 bits per heavy atom. The van der Waals surface area contributed by atoms with E-state index in [0.29, 0.717) is 31.0 Å². The van der Waals surface area contributed by atoms with E-state index >= 15 is 0 Å². The summed E-state index contributed by atoms with van der Waals surface area (Å²) in [5, 5.41) is 11.0. The Bertz CT molecular complexity index is 924. The van der Waals surface area contributed by atoms with Gasteiger partial charge in [0.15, 0.2) is 0 Å². The molecular weight excluding hydrogens is 376 g/mol. The summed E-state index contributed by atoms with van der Waals surface area (Å²) in [5.41, 5.74) is 2.25. The molecule has 0 saturated carbocycles. The number of aliphatic hydroxyl groups excluding tert-OH is 1. The van der Waals surface area contributed by atoms with Crippen molar-refractivity contribution in [1.82, 2.24) is 4.90 Å². The summed E-state index contributed by atoms with van der Waals surface area (Å²) in [7, 11) is -3.71. The zero-order valence-corrected chi connectivity index (χ0v) is 16.8. The molecule has 2 atom stereocenters. The van der Waals surface area contributed by atoms with E-state index in [0.717, 1.165) is 18.7 Å². The van der Waals surface area contributed by atoms with Crippen LogP contribution in [0.25, 0.3) is 0 Å². The molecule has 2 aromatic rings. The van der Waals surface area contributed by atoms with Gasteiger partial charge in [-0.25, -0.2) is 8.42 Å². The highest BCUT2D eigenvalue weighted by molar-refractivity contribution is 7.92. The molecule has 1 N–H and O–H groups in total. The van der Waals surface area contributed by atoms with Crippen LogP contribution in [0, 0.1) is 12.8 Å². The second-order valence-corrected chi connectivity index (χ2v) is 9.39. The summed E-state index contributed by atoms with van der Waals surface area (Å²) in [5.74, 6) is -0.201. The van der Waals surface area contributed by atoms with Gasteiger partial charge in [0.1, 0.15) is 0 Å². The van der Waals surface area contributed by atoms with Gasteiger partial charge in [-0.3, -0.25) is 9.21 Å². The van der Waals surface area contributed by atoms with Crippen molar-refractivity contribution in [3.05, 3.63) is 59.7 Å². The first-order valence-corrected chi connectivity index (χ1v) is 11.1. The molecule has 0 bridgehead atoms. The average Bonchev–Trinajstić information content (AvgIpc) is 2.71. The van der Waals surface area contributed by atoms with Gasteiger partial charge in [0, 0.05) is 37.7 Å². The molecule has 2 aliphatic rings. The van der Waals surface area contributed by atoms with Gasteiger partial charge in [0.25, 0.3) is 10.0 Å². The Hall–Kier alpha value is -1.93. The van der Waals surface area contributed by atoms with E-state index < -0.39 is 16.1 Å². The van der Waals surface area contributed by atoms with Crippen molar-refractivity contribution in [3.8, 4) is 0 Å². The average molecular weight is 403 g/mol. The quantitative estimate of drug-likeness (QED) is 0.849. The third kappa shape index (κ3) is 3.67. The van der Waals surface area contributed by atoms with E-state index in [1.54, 1.807) is 18.2 Å². The molecule has 28 heavy (non-hydrogen) atoms. The third-order valence-corrected chi connectivity index (χ3v) is 7.37. The van der Waals surface area contributed by atoms with Gasteiger partial charge in [-0.1, -0.05) is 35.9 Å². The fourth-order valence-electron chi connectivity index (χ4n) is 3.97. The topological polar surface area (TPSA) is 70.1 Å². The number of benzene rings is 2. The van der Waals surface area contributed by atoms with Crippen molar-refractivity contribution >= 4 is 15.7 Å².